The highest BCUT2D eigenvalue weighted by atomic mass is 32.2. The largest absolute Gasteiger partial charge is 0.480 e. The van der Waals surface area contributed by atoms with E-state index in [1.807, 2.05) is 6.92 Å². The van der Waals surface area contributed by atoms with Crippen LogP contribution in [0.15, 0.2) is 15.9 Å². The highest BCUT2D eigenvalue weighted by Gasteiger charge is 2.35. The number of rotatable bonds is 8. The smallest absolute Gasteiger partial charge is 0.322 e. The van der Waals surface area contributed by atoms with Crippen LogP contribution in [0.1, 0.15) is 39.0 Å². The molecule has 20 heavy (non-hydrogen) atoms. The van der Waals surface area contributed by atoms with Crippen molar-refractivity contribution in [3.63, 3.8) is 0 Å². The van der Waals surface area contributed by atoms with E-state index in [9.17, 15) is 13.2 Å². The van der Waals surface area contributed by atoms with E-state index in [2.05, 4.69) is 10.9 Å². The number of carboxylic acids is 1. The summed E-state index contributed by atoms with van der Waals surface area (Å²) in [7, 11) is -3.84. The highest BCUT2D eigenvalue weighted by Crippen LogP contribution is 2.22. The summed E-state index contributed by atoms with van der Waals surface area (Å²) in [5, 5.41) is 15.7. The predicted molar refractivity (Wildman–Crippen MR) is 75.5 cm³/mol. The number of hydrogen-bond donors (Lipinski definition) is 3. The molecule has 1 unspecified atom stereocenters. The molecule has 4 N–H and O–H groups in total. The van der Waals surface area contributed by atoms with Crippen molar-refractivity contribution in [2.24, 2.45) is 5.90 Å². The minimum atomic E-state index is -3.84. The van der Waals surface area contributed by atoms with E-state index in [4.69, 9.17) is 10.3 Å². The Morgan fingerprint density at radius 1 is 1.40 bits per heavy atom. The minimum absolute atomic E-state index is 0.106. The van der Waals surface area contributed by atoms with Crippen molar-refractivity contribution in [2.75, 3.05) is 0 Å². The van der Waals surface area contributed by atoms with Gasteiger partial charge in [0.15, 0.2) is 5.25 Å². The van der Waals surface area contributed by atoms with Gasteiger partial charge in [0.2, 0.25) is 14.2 Å². The van der Waals surface area contributed by atoms with Gasteiger partial charge in [-0.3, -0.25) is 4.79 Å². The first-order chi connectivity index (χ1) is 9.50. The molecule has 9 heteroatoms. The first-order valence-electron chi connectivity index (χ1n) is 6.12. The van der Waals surface area contributed by atoms with E-state index in [1.54, 1.807) is 0 Å². The van der Waals surface area contributed by atoms with Crippen molar-refractivity contribution in [3.8, 4) is 0 Å². The lowest BCUT2D eigenvalue weighted by Crippen LogP contribution is -2.30. The second-order valence-electron chi connectivity index (χ2n) is 4.02. The van der Waals surface area contributed by atoms with Gasteiger partial charge in [-0.15, -0.1) is 11.3 Å². The van der Waals surface area contributed by atoms with Gasteiger partial charge in [0.1, 0.15) is 0 Å². The lowest BCUT2D eigenvalue weighted by molar-refractivity contribution is -0.136. The molecular formula is C11H20N2O5S2. The van der Waals surface area contributed by atoms with Gasteiger partial charge in [-0.2, -0.15) is 0 Å². The van der Waals surface area contributed by atoms with Crippen LogP contribution in [0.4, 0.5) is 0 Å². The zero-order chi connectivity index (χ0) is 15.6. The molecule has 0 bridgehead atoms. The van der Waals surface area contributed by atoms with Crippen LogP contribution in [0.25, 0.3) is 0 Å². The van der Waals surface area contributed by atoms with E-state index in [0.717, 1.165) is 30.6 Å². The molecule has 7 nitrogen and oxygen atoms in total. The number of carbonyl (C=O) groups is 1. The molecule has 1 aromatic heterocycles. The first kappa shape index (κ1) is 19.0. The predicted octanol–water partition coefficient (Wildman–Crippen LogP) is 1.67. The quantitative estimate of drug-likeness (QED) is 0.489. The zero-order valence-electron chi connectivity index (χ0n) is 11.2. The average Bonchev–Trinajstić information content (AvgIpc) is 2.95. The summed E-state index contributed by atoms with van der Waals surface area (Å²) in [6.07, 6.45) is 4.99. The van der Waals surface area contributed by atoms with Crippen molar-refractivity contribution in [1.29, 1.82) is 0 Å². The number of thiazole rings is 1. The molecule has 0 amide bonds. The number of aromatic nitrogens is 1. The monoisotopic (exact) mass is 324 g/mol. The third kappa shape index (κ3) is 5.53. The van der Waals surface area contributed by atoms with Crippen molar-refractivity contribution in [3.05, 3.63) is 11.6 Å². The fraction of sp³-hybridized carbons (Fsp3) is 0.636. The topological polar surface area (TPSA) is 131 Å². The molecule has 1 heterocycles. The normalized spacial score (nSPS) is 12.3. The van der Waals surface area contributed by atoms with Crippen molar-refractivity contribution in [1.82, 2.24) is 4.98 Å². The molecule has 1 atom stereocenters. The summed E-state index contributed by atoms with van der Waals surface area (Å²) in [6, 6.07) is 0. The fourth-order valence-electron chi connectivity index (χ4n) is 1.64. The lowest BCUT2D eigenvalue weighted by atomic mass is 10.1. The van der Waals surface area contributed by atoms with Gasteiger partial charge >= 0.3 is 5.97 Å². The summed E-state index contributed by atoms with van der Waals surface area (Å²) in [6.45, 7) is 2.04. The summed E-state index contributed by atoms with van der Waals surface area (Å²) in [5.74, 6) is 2.21. The number of sulfone groups is 1. The number of carboxylic acid groups (broad SMARTS) is 1. The maximum Gasteiger partial charge on any atom is 0.322 e. The average molecular weight is 324 g/mol. The summed E-state index contributed by atoms with van der Waals surface area (Å²) >= 11 is 0.957. The molecule has 0 aliphatic rings. The number of nitrogens with two attached hydrogens (primary N) is 1. The third-order valence-corrected chi connectivity index (χ3v) is 5.95. The Hall–Kier alpha value is -1.03. The van der Waals surface area contributed by atoms with Gasteiger partial charge < -0.3 is 10.3 Å². The summed E-state index contributed by atoms with van der Waals surface area (Å²) in [4.78, 5) is 14.8. The van der Waals surface area contributed by atoms with E-state index in [0.29, 0.717) is 6.42 Å². The fourth-order valence-corrected chi connectivity index (χ4v) is 4.25. The molecule has 0 radical (unpaired) electrons. The Balaban J connectivity index is 0.00000172. The van der Waals surface area contributed by atoms with Gasteiger partial charge in [-0.1, -0.05) is 32.6 Å². The molecule has 0 saturated carbocycles. The van der Waals surface area contributed by atoms with E-state index in [-0.39, 0.29) is 10.8 Å². The number of nitrogens with zero attached hydrogens (tertiary/aromatic N) is 1. The van der Waals surface area contributed by atoms with Gasteiger partial charge in [0, 0.05) is 11.6 Å². The van der Waals surface area contributed by atoms with Crippen molar-refractivity contribution in [2.45, 2.75) is 48.6 Å². The Labute approximate surface area is 122 Å². The molecule has 1 rings (SSSR count). The summed E-state index contributed by atoms with van der Waals surface area (Å²) < 4.78 is 24.0. The Bertz CT molecular complexity index is 473. The molecule has 0 saturated heterocycles. The molecule has 0 fully saturated rings. The second kappa shape index (κ2) is 9.81. The maximum atomic E-state index is 12.1. The lowest BCUT2D eigenvalue weighted by Gasteiger charge is -2.11. The molecule has 0 aliphatic carbocycles. The van der Waals surface area contributed by atoms with Crippen LogP contribution in [0.2, 0.25) is 0 Å². The van der Waals surface area contributed by atoms with Crippen LogP contribution in [-0.2, 0) is 14.6 Å². The number of hydrogen-bond acceptors (Lipinski definition) is 7. The van der Waals surface area contributed by atoms with Crippen molar-refractivity contribution < 1.29 is 23.5 Å². The zero-order valence-corrected chi connectivity index (χ0v) is 12.9. The van der Waals surface area contributed by atoms with Crippen LogP contribution < -0.4 is 5.90 Å². The van der Waals surface area contributed by atoms with Gasteiger partial charge in [-0.05, 0) is 6.42 Å². The van der Waals surface area contributed by atoms with Gasteiger partial charge in [0.05, 0.1) is 0 Å². The minimum Gasteiger partial charge on any atom is -0.480 e. The van der Waals surface area contributed by atoms with Crippen molar-refractivity contribution >= 4 is 27.1 Å². The van der Waals surface area contributed by atoms with Crippen LogP contribution in [0.5, 0.6) is 0 Å². The van der Waals surface area contributed by atoms with Crippen LogP contribution in [-0.4, -0.2) is 34.9 Å². The Kier molecular flexibility index (Phi) is 9.30. The number of aliphatic carboxylic acids is 1. The van der Waals surface area contributed by atoms with Crippen LogP contribution >= 0.6 is 11.3 Å². The Morgan fingerprint density at radius 2 is 2.05 bits per heavy atom. The Morgan fingerprint density at radius 3 is 2.50 bits per heavy atom. The van der Waals surface area contributed by atoms with Gasteiger partial charge in [0.25, 0.3) is 0 Å². The van der Waals surface area contributed by atoms with E-state index in [1.165, 1.54) is 11.6 Å². The SMILES string of the molecule is CCCCCCC(C(=O)O)S(=O)(=O)c1nccs1.NO. The first-order valence-corrected chi connectivity index (χ1v) is 8.54. The molecule has 0 aliphatic heterocycles. The maximum absolute atomic E-state index is 12.1. The molecular weight excluding hydrogens is 304 g/mol. The molecule has 116 valence electrons. The molecule has 0 aromatic carbocycles. The van der Waals surface area contributed by atoms with E-state index >= 15 is 0 Å². The summed E-state index contributed by atoms with van der Waals surface area (Å²) in [5.41, 5.74) is 0. The highest BCUT2D eigenvalue weighted by molar-refractivity contribution is 7.94. The standard InChI is InChI=1S/C11H17NO4S2.H3NO/c1-2-3-4-5-6-9(10(13)14)18(15,16)11-12-7-8-17-11;1-2/h7-9H,2-6H2,1H3,(H,13,14);2H,1H2. The van der Waals surface area contributed by atoms with Crippen LogP contribution in [0.3, 0.4) is 0 Å². The number of unbranched alkanes of at least 4 members (excludes halogenated alkanes) is 3. The van der Waals surface area contributed by atoms with Crippen LogP contribution in [0, 0.1) is 0 Å². The molecule has 0 spiro atoms. The van der Waals surface area contributed by atoms with Gasteiger partial charge in [-0.25, -0.2) is 19.3 Å². The third-order valence-electron chi connectivity index (χ3n) is 2.62. The second-order valence-corrected chi connectivity index (χ2v) is 7.22. The van der Waals surface area contributed by atoms with E-state index < -0.39 is 21.1 Å². The molecule has 1 aromatic rings.